The van der Waals surface area contributed by atoms with Crippen molar-refractivity contribution in [2.45, 2.75) is 63.2 Å². The monoisotopic (exact) mass is 284 g/mol. The molecule has 1 saturated heterocycles. The van der Waals surface area contributed by atoms with Gasteiger partial charge in [-0.15, -0.1) is 0 Å². The molecule has 1 N–H and O–H groups in total. The lowest BCUT2D eigenvalue weighted by Crippen LogP contribution is -2.47. The van der Waals surface area contributed by atoms with Gasteiger partial charge in [0.25, 0.3) is 0 Å². The molecule has 3 heteroatoms. The zero-order valence-electron chi connectivity index (χ0n) is 13.1. The number of rotatable bonds is 6. The predicted octanol–water partition coefficient (Wildman–Crippen LogP) is 3.37. The highest BCUT2D eigenvalue weighted by Crippen LogP contribution is 2.39. The van der Waals surface area contributed by atoms with Crippen LogP contribution in [0, 0.1) is 5.92 Å². The summed E-state index contributed by atoms with van der Waals surface area (Å²) in [6.45, 7) is 9.76. The van der Waals surface area contributed by atoms with E-state index in [2.05, 4.69) is 42.1 Å². The van der Waals surface area contributed by atoms with Crippen LogP contribution in [-0.2, 0) is 0 Å². The molecule has 0 aromatic heterocycles. The lowest BCUT2D eigenvalue weighted by atomic mass is 9.91. The van der Waals surface area contributed by atoms with Crippen LogP contribution in [0.25, 0.3) is 0 Å². The largest absolute Gasteiger partial charge is 0.313 e. The molecule has 2 unspecified atom stereocenters. The molecule has 1 aliphatic heterocycles. The van der Waals surface area contributed by atoms with Crippen LogP contribution in [-0.4, -0.2) is 48.1 Å². The minimum Gasteiger partial charge on any atom is -0.313 e. The first kappa shape index (κ1) is 15.7. The lowest BCUT2D eigenvalue weighted by molar-refractivity contribution is 0.156. The first-order valence-corrected chi connectivity index (χ1v) is 9.42. The molecular formula is C16H32N2S. The maximum atomic E-state index is 3.88. The van der Waals surface area contributed by atoms with Crippen molar-refractivity contribution in [3.05, 3.63) is 0 Å². The molecule has 1 saturated carbocycles. The molecular weight excluding hydrogens is 252 g/mol. The molecule has 2 nitrogen and oxygen atoms in total. The number of nitrogens with one attached hydrogen (secondary N) is 1. The Hall–Kier alpha value is 0.270. The van der Waals surface area contributed by atoms with Crippen LogP contribution < -0.4 is 5.32 Å². The molecule has 0 aromatic carbocycles. The van der Waals surface area contributed by atoms with Gasteiger partial charge in [-0.1, -0.05) is 19.8 Å². The Balaban J connectivity index is 1.78. The van der Waals surface area contributed by atoms with E-state index in [4.69, 9.17) is 0 Å². The minimum atomic E-state index is 0.549. The van der Waals surface area contributed by atoms with Gasteiger partial charge in [-0.05, 0) is 57.9 Å². The Morgan fingerprint density at radius 3 is 2.68 bits per heavy atom. The van der Waals surface area contributed by atoms with Crippen molar-refractivity contribution in [3.63, 3.8) is 0 Å². The van der Waals surface area contributed by atoms with E-state index < -0.39 is 0 Å². The average Bonchev–Trinajstić information content (AvgIpc) is 2.94. The molecule has 1 heterocycles. The minimum absolute atomic E-state index is 0.549. The molecule has 2 atom stereocenters. The van der Waals surface area contributed by atoms with E-state index in [9.17, 15) is 0 Å². The summed E-state index contributed by atoms with van der Waals surface area (Å²) < 4.78 is 0.549. The highest BCUT2D eigenvalue weighted by atomic mass is 32.2. The van der Waals surface area contributed by atoms with Gasteiger partial charge < -0.3 is 10.2 Å². The van der Waals surface area contributed by atoms with Gasteiger partial charge in [-0.25, -0.2) is 0 Å². The molecule has 2 rings (SSSR count). The zero-order valence-corrected chi connectivity index (χ0v) is 13.9. The third-order valence-electron chi connectivity index (χ3n) is 5.39. The number of piperidine rings is 1. The van der Waals surface area contributed by atoms with Gasteiger partial charge in [-0.2, -0.15) is 11.8 Å². The SMILES string of the molecule is CCN1CCCC(C(C)NCC2(SC)CCCC2)C1. The van der Waals surface area contributed by atoms with E-state index in [1.54, 1.807) is 0 Å². The third-order valence-corrected chi connectivity index (χ3v) is 6.81. The van der Waals surface area contributed by atoms with Gasteiger partial charge in [0.15, 0.2) is 0 Å². The van der Waals surface area contributed by atoms with E-state index in [-0.39, 0.29) is 0 Å². The van der Waals surface area contributed by atoms with Crippen LogP contribution in [0.3, 0.4) is 0 Å². The maximum absolute atomic E-state index is 3.88. The summed E-state index contributed by atoms with van der Waals surface area (Å²) in [6.07, 6.45) is 10.8. The quantitative estimate of drug-likeness (QED) is 0.805. The summed E-state index contributed by atoms with van der Waals surface area (Å²) in [4.78, 5) is 2.62. The van der Waals surface area contributed by atoms with E-state index in [0.29, 0.717) is 10.8 Å². The van der Waals surface area contributed by atoms with Gasteiger partial charge >= 0.3 is 0 Å². The van der Waals surface area contributed by atoms with E-state index in [1.807, 2.05) is 0 Å². The van der Waals surface area contributed by atoms with Crippen molar-refractivity contribution >= 4 is 11.8 Å². The molecule has 0 amide bonds. The Kier molecular flexibility index (Phi) is 6.04. The summed E-state index contributed by atoms with van der Waals surface area (Å²) in [5, 5.41) is 3.88. The van der Waals surface area contributed by atoms with Crippen molar-refractivity contribution in [1.29, 1.82) is 0 Å². The molecule has 1 aliphatic carbocycles. The average molecular weight is 285 g/mol. The summed E-state index contributed by atoms with van der Waals surface area (Å²) in [7, 11) is 0. The van der Waals surface area contributed by atoms with Crippen LogP contribution in [0.1, 0.15) is 52.4 Å². The van der Waals surface area contributed by atoms with Gasteiger partial charge in [0.1, 0.15) is 0 Å². The first-order valence-electron chi connectivity index (χ1n) is 8.20. The Bertz CT molecular complexity index is 263. The fourth-order valence-electron chi connectivity index (χ4n) is 3.77. The van der Waals surface area contributed by atoms with Crippen LogP contribution in [0.15, 0.2) is 0 Å². The standard InChI is InChI=1S/C16H32N2S/c1-4-18-11-7-8-15(12-18)14(2)17-13-16(19-3)9-5-6-10-16/h14-15,17H,4-13H2,1-3H3. The van der Waals surface area contributed by atoms with Crippen molar-refractivity contribution in [1.82, 2.24) is 10.2 Å². The summed E-state index contributed by atoms with van der Waals surface area (Å²) in [5.41, 5.74) is 0. The van der Waals surface area contributed by atoms with Gasteiger partial charge in [0.2, 0.25) is 0 Å². The Labute approximate surface area is 124 Å². The number of nitrogens with zero attached hydrogens (tertiary/aromatic N) is 1. The van der Waals surface area contributed by atoms with Crippen LogP contribution >= 0.6 is 11.8 Å². The normalized spacial score (nSPS) is 29.5. The van der Waals surface area contributed by atoms with Gasteiger partial charge in [-0.3, -0.25) is 0 Å². The second-order valence-corrected chi connectivity index (χ2v) is 7.83. The van der Waals surface area contributed by atoms with Crippen LogP contribution in [0.5, 0.6) is 0 Å². The molecule has 0 spiro atoms. The van der Waals surface area contributed by atoms with Crippen molar-refractivity contribution in [2.24, 2.45) is 5.92 Å². The van der Waals surface area contributed by atoms with E-state index >= 15 is 0 Å². The Morgan fingerprint density at radius 2 is 2.05 bits per heavy atom. The summed E-state index contributed by atoms with van der Waals surface area (Å²) in [6, 6.07) is 0.680. The molecule has 2 fully saturated rings. The molecule has 0 radical (unpaired) electrons. The second kappa shape index (κ2) is 7.33. The summed E-state index contributed by atoms with van der Waals surface area (Å²) >= 11 is 2.10. The predicted molar refractivity (Wildman–Crippen MR) is 87.0 cm³/mol. The zero-order chi connectivity index (χ0) is 13.7. The number of hydrogen-bond acceptors (Lipinski definition) is 3. The van der Waals surface area contributed by atoms with Crippen LogP contribution in [0.2, 0.25) is 0 Å². The topological polar surface area (TPSA) is 15.3 Å². The first-order chi connectivity index (χ1) is 9.19. The van der Waals surface area contributed by atoms with E-state index in [1.165, 1.54) is 64.7 Å². The number of likely N-dealkylation sites (tertiary alicyclic amines) is 1. The highest BCUT2D eigenvalue weighted by molar-refractivity contribution is 8.00. The Morgan fingerprint density at radius 1 is 1.32 bits per heavy atom. The number of hydrogen-bond donors (Lipinski definition) is 1. The van der Waals surface area contributed by atoms with Crippen molar-refractivity contribution < 1.29 is 0 Å². The molecule has 0 aromatic rings. The molecule has 0 bridgehead atoms. The van der Waals surface area contributed by atoms with E-state index in [0.717, 1.165) is 5.92 Å². The van der Waals surface area contributed by atoms with Gasteiger partial charge in [0, 0.05) is 23.9 Å². The van der Waals surface area contributed by atoms with Gasteiger partial charge in [0.05, 0.1) is 0 Å². The second-order valence-electron chi connectivity index (χ2n) is 6.56. The third kappa shape index (κ3) is 4.12. The molecule has 112 valence electrons. The fourth-order valence-corrected chi connectivity index (χ4v) is 4.70. The molecule has 19 heavy (non-hydrogen) atoms. The summed E-state index contributed by atoms with van der Waals surface area (Å²) in [5.74, 6) is 0.856. The molecule has 2 aliphatic rings. The fraction of sp³-hybridized carbons (Fsp3) is 1.00. The maximum Gasteiger partial charge on any atom is 0.0281 e. The van der Waals surface area contributed by atoms with Crippen molar-refractivity contribution in [3.8, 4) is 0 Å². The van der Waals surface area contributed by atoms with Crippen molar-refractivity contribution in [2.75, 3.05) is 32.4 Å². The number of thioether (sulfide) groups is 1. The van der Waals surface area contributed by atoms with Crippen LogP contribution in [0.4, 0.5) is 0 Å². The lowest BCUT2D eigenvalue weighted by Gasteiger charge is -2.37. The highest BCUT2D eigenvalue weighted by Gasteiger charge is 2.34. The smallest absolute Gasteiger partial charge is 0.0281 e.